The summed E-state index contributed by atoms with van der Waals surface area (Å²) in [5.74, 6) is -0.108. The number of nitrogens with zero attached hydrogens (tertiary/aromatic N) is 2. The fraction of sp³-hybridized carbons (Fsp3) is 0.846. The molecule has 3 N–H and O–H groups in total. The van der Waals surface area contributed by atoms with E-state index in [1.807, 2.05) is 13.8 Å². The largest absolute Gasteiger partial charge is 0.344 e. The molecule has 1 atom stereocenters. The molecular formula is C13H25N4O2. The zero-order valence-corrected chi connectivity index (χ0v) is 12.1. The van der Waals surface area contributed by atoms with Crippen LogP contribution in [0.4, 0.5) is 0 Å². The van der Waals surface area contributed by atoms with Crippen LogP contribution in [0.2, 0.25) is 0 Å². The fourth-order valence-corrected chi connectivity index (χ4v) is 2.17. The van der Waals surface area contributed by atoms with Crippen molar-refractivity contribution in [3.63, 3.8) is 0 Å². The number of likely N-dealkylation sites (N-methyl/N-ethyl adjacent to an activating group) is 1. The molecule has 1 aliphatic heterocycles. The number of unbranched alkanes of at least 4 members (excludes halogenated alkanes) is 1. The number of hydrogen-bond acceptors (Lipinski definition) is 3. The number of nitrogens with two attached hydrogens (primary N) is 1. The summed E-state index contributed by atoms with van der Waals surface area (Å²) in [6, 6.07) is 0. The summed E-state index contributed by atoms with van der Waals surface area (Å²) in [7, 11) is 1.73. The number of nitrogens with one attached hydrogen (secondary N) is 1. The van der Waals surface area contributed by atoms with E-state index in [1.54, 1.807) is 11.9 Å². The molecule has 0 saturated carbocycles. The Morgan fingerprint density at radius 3 is 2.63 bits per heavy atom. The van der Waals surface area contributed by atoms with Crippen molar-refractivity contribution in [3.8, 4) is 0 Å². The maximum atomic E-state index is 11.7. The predicted molar refractivity (Wildman–Crippen MR) is 72.9 cm³/mol. The van der Waals surface area contributed by atoms with Crippen LogP contribution in [0.1, 0.15) is 33.1 Å². The molecule has 6 heteroatoms. The molecule has 1 fully saturated rings. The smallest absolute Gasteiger partial charge is 0.266 e. The first kappa shape index (κ1) is 15.9. The van der Waals surface area contributed by atoms with Crippen LogP contribution in [0.15, 0.2) is 0 Å². The van der Waals surface area contributed by atoms with E-state index in [4.69, 9.17) is 11.5 Å². The Hall–Kier alpha value is -1.14. The van der Waals surface area contributed by atoms with E-state index in [2.05, 4.69) is 0 Å². The van der Waals surface area contributed by atoms with Gasteiger partial charge in [-0.25, -0.2) is 5.73 Å². The minimum atomic E-state index is -1.06. The Kier molecular flexibility index (Phi) is 5.31. The van der Waals surface area contributed by atoms with Crippen LogP contribution < -0.4 is 11.5 Å². The van der Waals surface area contributed by atoms with Crippen LogP contribution in [0.3, 0.4) is 0 Å². The van der Waals surface area contributed by atoms with Gasteiger partial charge >= 0.3 is 0 Å². The molecule has 1 heterocycles. The van der Waals surface area contributed by atoms with Gasteiger partial charge in [0.05, 0.1) is 0 Å². The number of carbonyl (C=O) groups excluding carboxylic acids is 2. The molecule has 109 valence electrons. The van der Waals surface area contributed by atoms with Gasteiger partial charge in [-0.1, -0.05) is 13.8 Å². The van der Waals surface area contributed by atoms with Gasteiger partial charge in [0.25, 0.3) is 5.91 Å². The van der Waals surface area contributed by atoms with Crippen molar-refractivity contribution in [1.29, 1.82) is 0 Å². The van der Waals surface area contributed by atoms with E-state index in [0.29, 0.717) is 26.1 Å². The van der Waals surface area contributed by atoms with Crippen molar-refractivity contribution < 1.29 is 9.59 Å². The van der Waals surface area contributed by atoms with Crippen molar-refractivity contribution in [3.05, 3.63) is 0 Å². The standard InChI is InChI=1S/C13H25N4O2/c1-10(2)11(18)16(3)8-9-17-12(19)13(17,15)6-4-5-7-14/h10,15H,4-9,14H2,1-3H3. The van der Waals surface area contributed by atoms with Crippen molar-refractivity contribution in [2.75, 3.05) is 26.7 Å². The maximum Gasteiger partial charge on any atom is 0.266 e. The minimum absolute atomic E-state index is 0.0415. The molecule has 1 radical (unpaired) electrons. The molecule has 2 amide bonds. The number of carbonyl (C=O) groups is 2. The lowest BCUT2D eigenvalue weighted by molar-refractivity contribution is -0.133. The highest BCUT2D eigenvalue weighted by atomic mass is 16.2. The van der Waals surface area contributed by atoms with Crippen LogP contribution >= 0.6 is 0 Å². The molecule has 1 rings (SSSR count). The van der Waals surface area contributed by atoms with E-state index in [1.165, 1.54) is 4.90 Å². The van der Waals surface area contributed by atoms with Gasteiger partial charge in [-0.15, -0.1) is 0 Å². The first-order chi connectivity index (χ1) is 8.84. The molecular weight excluding hydrogens is 244 g/mol. The van der Waals surface area contributed by atoms with Crippen LogP contribution in [0.5, 0.6) is 0 Å². The van der Waals surface area contributed by atoms with Crippen LogP contribution in [-0.4, -0.2) is 54.0 Å². The summed E-state index contributed by atoms with van der Waals surface area (Å²) >= 11 is 0. The SMILES string of the molecule is CC(C)C(=O)N(C)CCN1C(=O)C1([NH])CCCCN. The summed E-state index contributed by atoms with van der Waals surface area (Å²) in [5.41, 5.74) is 12.4. The third kappa shape index (κ3) is 3.67. The topological polar surface area (TPSA) is 90.2 Å². The zero-order valence-electron chi connectivity index (χ0n) is 12.1. The van der Waals surface area contributed by atoms with Gasteiger partial charge < -0.3 is 15.5 Å². The molecule has 0 aromatic carbocycles. The number of hydrogen-bond donors (Lipinski definition) is 1. The maximum absolute atomic E-state index is 11.7. The van der Waals surface area contributed by atoms with Gasteiger partial charge in [-0.2, -0.15) is 0 Å². The molecule has 19 heavy (non-hydrogen) atoms. The molecule has 0 bridgehead atoms. The average molecular weight is 269 g/mol. The summed E-state index contributed by atoms with van der Waals surface area (Å²) in [4.78, 5) is 26.5. The molecule has 0 spiro atoms. The van der Waals surface area contributed by atoms with Gasteiger partial charge in [0.1, 0.15) is 0 Å². The first-order valence-corrected chi connectivity index (χ1v) is 6.86. The Balaban J connectivity index is 2.35. The fourth-order valence-electron chi connectivity index (χ4n) is 2.17. The predicted octanol–water partition coefficient (Wildman–Crippen LogP) is 0.0512. The van der Waals surface area contributed by atoms with E-state index in [9.17, 15) is 9.59 Å². The molecule has 1 aliphatic rings. The molecule has 1 unspecified atom stereocenters. The lowest BCUT2D eigenvalue weighted by Gasteiger charge is -2.20. The number of rotatable bonds is 8. The summed E-state index contributed by atoms with van der Waals surface area (Å²) in [6.07, 6.45) is 2.17. The van der Waals surface area contributed by atoms with Crippen molar-refractivity contribution in [1.82, 2.24) is 15.5 Å². The molecule has 0 aromatic heterocycles. The third-order valence-corrected chi connectivity index (χ3v) is 3.53. The van der Waals surface area contributed by atoms with E-state index >= 15 is 0 Å². The summed E-state index contributed by atoms with van der Waals surface area (Å²) in [6.45, 7) is 5.22. The van der Waals surface area contributed by atoms with Gasteiger partial charge in [-0.05, 0) is 25.8 Å². The Morgan fingerprint density at radius 2 is 2.11 bits per heavy atom. The Bertz CT molecular complexity index is 346. The van der Waals surface area contributed by atoms with Crippen LogP contribution in [0.25, 0.3) is 0 Å². The van der Waals surface area contributed by atoms with Crippen molar-refractivity contribution >= 4 is 11.8 Å². The lowest BCUT2D eigenvalue weighted by Crippen LogP contribution is -2.35. The minimum Gasteiger partial charge on any atom is -0.344 e. The zero-order chi connectivity index (χ0) is 14.6. The first-order valence-electron chi connectivity index (χ1n) is 6.86. The second-order valence-electron chi connectivity index (χ2n) is 5.48. The van der Waals surface area contributed by atoms with Gasteiger partial charge in [-0.3, -0.25) is 9.59 Å². The van der Waals surface area contributed by atoms with Crippen molar-refractivity contribution in [2.24, 2.45) is 11.7 Å². The van der Waals surface area contributed by atoms with E-state index in [-0.39, 0.29) is 17.7 Å². The second-order valence-corrected chi connectivity index (χ2v) is 5.48. The quantitative estimate of drug-likeness (QED) is 0.498. The molecule has 0 aromatic rings. The molecule has 1 saturated heterocycles. The van der Waals surface area contributed by atoms with E-state index in [0.717, 1.165) is 12.8 Å². The highest BCUT2D eigenvalue weighted by Crippen LogP contribution is 2.34. The number of amides is 2. The Labute approximate surface area is 115 Å². The second kappa shape index (κ2) is 6.34. The van der Waals surface area contributed by atoms with Gasteiger partial charge in [0.2, 0.25) is 5.91 Å². The van der Waals surface area contributed by atoms with Gasteiger partial charge in [0.15, 0.2) is 5.66 Å². The third-order valence-electron chi connectivity index (χ3n) is 3.53. The monoisotopic (exact) mass is 269 g/mol. The molecule has 0 aliphatic carbocycles. The summed E-state index contributed by atoms with van der Waals surface area (Å²) < 4.78 is 0. The highest BCUT2D eigenvalue weighted by molar-refractivity contribution is 6.01. The van der Waals surface area contributed by atoms with Gasteiger partial charge in [0, 0.05) is 26.1 Å². The molecule has 6 nitrogen and oxygen atoms in total. The van der Waals surface area contributed by atoms with Crippen molar-refractivity contribution in [2.45, 2.75) is 38.8 Å². The lowest BCUT2D eigenvalue weighted by atomic mass is 10.1. The van der Waals surface area contributed by atoms with Crippen LogP contribution in [-0.2, 0) is 9.59 Å². The highest BCUT2D eigenvalue weighted by Gasteiger charge is 2.59. The van der Waals surface area contributed by atoms with Crippen LogP contribution in [0, 0.1) is 5.92 Å². The Morgan fingerprint density at radius 1 is 1.47 bits per heavy atom. The average Bonchev–Trinajstić information content (AvgIpc) is 2.87. The summed E-state index contributed by atoms with van der Waals surface area (Å²) in [5, 5.41) is 0. The normalized spacial score (nSPS) is 22.0. The van der Waals surface area contributed by atoms with E-state index < -0.39 is 5.66 Å².